The molecule has 0 radical (unpaired) electrons. The summed E-state index contributed by atoms with van der Waals surface area (Å²) in [7, 11) is 0. The molecular formula is C13H17N. The molecule has 0 saturated heterocycles. The molecule has 0 saturated carbocycles. The third-order valence-electron chi connectivity index (χ3n) is 2.83. The first-order chi connectivity index (χ1) is 6.77. The van der Waals surface area contributed by atoms with Crippen molar-refractivity contribution in [3.8, 4) is 0 Å². The van der Waals surface area contributed by atoms with Crippen LogP contribution in [0.3, 0.4) is 0 Å². The van der Waals surface area contributed by atoms with Gasteiger partial charge in [-0.3, -0.25) is 0 Å². The fraction of sp³-hybridized carbons (Fsp3) is 0.385. The monoisotopic (exact) mass is 187 g/mol. The topological polar surface area (TPSA) is 12.0 Å². The van der Waals surface area contributed by atoms with Gasteiger partial charge in [0.2, 0.25) is 0 Å². The lowest BCUT2D eigenvalue weighted by molar-refractivity contribution is 0.541. The van der Waals surface area contributed by atoms with Gasteiger partial charge in [-0.25, -0.2) is 0 Å². The van der Waals surface area contributed by atoms with E-state index >= 15 is 0 Å². The molecule has 1 N–H and O–H groups in total. The zero-order valence-electron chi connectivity index (χ0n) is 8.72. The van der Waals surface area contributed by atoms with Crippen LogP contribution in [0.25, 0.3) is 0 Å². The molecule has 1 nitrogen and oxygen atoms in total. The molecule has 1 unspecified atom stereocenters. The molecule has 0 spiro atoms. The van der Waals surface area contributed by atoms with Crippen molar-refractivity contribution in [1.82, 2.24) is 5.32 Å². The van der Waals surface area contributed by atoms with E-state index < -0.39 is 0 Å². The van der Waals surface area contributed by atoms with Crippen molar-refractivity contribution in [2.75, 3.05) is 0 Å². The Morgan fingerprint density at radius 2 is 2.29 bits per heavy atom. The summed E-state index contributed by atoms with van der Waals surface area (Å²) in [6.45, 7) is 7.07. The molecule has 0 bridgehead atoms. The molecule has 1 aromatic rings. The number of fused-ring (bicyclic) bond motifs is 1. The Morgan fingerprint density at radius 3 is 3.07 bits per heavy atom. The summed E-state index contributed by atoms with van der Waals surface area (Å²) in [5.41, 5.74) is 4.21. The predicted molar refractivity (Wildman–Crippen MR) is 60.1 cm³/mol. The van der Waals surface area contributed by atoms with Gasteiger partial charge in [0.15, 0.2) is 0 Å². The van der Waals surface area contributed by atoms with Gasteiger partial charge in [-0.15, -0.1) is 6.58 Å². The maximum Gasteiger partial charge on any atom is 0.0329 e. The molecule has 1 aliphatic heterocycles. The number of nitrogens with one attached hydrogen (secondary N) is 1. The van der Waals surface area contributed by atoms with E-state index in [9.17, 15) is 0 Å². The Kier molecular flexibility index (Phi) is 2.69. The maximum atomic E-state index is 3.94. The number of allylic oxidation sites excluding steroid dienone is 1. The zero-order valence-corrected chi connectivity index (χ0v) is 8.72. The number of hydrogen-bond acceptors (Lipinski definition) is 1. The van der Waals surface area contributed by atoms with E-state index in [2.05, 4.69) is 43.1 Å². The molecule has 2 rings (SSSR count). The molecule has 1 heteroatoms. The minimum absolute atomic E-state index is 0.544. The summed E-state index contributed by atoms with van der Waals surface area (Å²) in [6.07, 6.45) is 2.29. The highest BCUT2D eigenvalue weighted by Crippen LogP contribution is 2.28. The van der Waals surface area contributed by atoms with Crippen LogP contribution in [-0.2, 0) is 6.54 Å². The van der Waals surface area contributed by atoms with Gasteiger partial charge in [0.1, 0.15) is 0 Å². The van der Waals surface area contributed by atoms with E-state index in [0.29, 0.717) is 6.04 Å². The van der Waals surface area contributed by atoms with E-state index in [1.165, 1.54) is 23.1 Å². The molecule has 0 aliphatic carbocycles. The van der Waals surface area contributed by atoms with Crippen molar-refractivity contribution < 1.29 is 0 Å². The second-order valence-corrected chi connectivity index (χ2v) is 4.13. The first-order valence-electron chi connectivity index (χ1n) is 5.23. The quantitative estimate of drug-likeness (QED) is 0.717. The lowest BCUT2D eigenvalue weighted by Crippen LogP contribution is -2.11. The summed E-state index contributed by atoms with van der Waals surface area (Å²) in [6, 6.07) is 9.23. The van der Waals surface area contributed by atoms with Crippen LogP contribution in [-0.4, -0.2) is 0 Å². The van der Waals surface area contributed by atoms with E-state index in [1.807, 2.05) is 0 Å². The van der Waals surface area contributed by atoms with Crippen LogP contribution in [0.5, 0.6) is 0 Å². The van der Waals surface area contributed by atoms with Crippen molar-refractivity contribution in [3.05, 3.63) is 47.5 Å². The molecule has 0 amide bonds. The van der Waals surface area contributed by atoms with Gasteiger partial charge in [-0.1, -0.05) is 29.8 Å². The minimum Gasteiger partial charge on any atom is -0.306 e. The Bertz CT molecular complexity index is 341. The van der Waals surface area contributed by atoms with Crippen molar-refractivity contribution >= 4 is 0 Å². The van der Waals surface area contributed by atoms with Crippen LogP contribution in [0, 0.1) is 0 Å². The van der Waals surface area contributed by atoms with Gasteiger partial charge >= 0.3 is 0 Å². The first-order valence-corrected chi connectivity index (χ1v) is 5.23. The average Bonchev–Trinajstić information content (AvgIpc) is 2.58. The molecule has 1 heterocycles. The largest absolute Gasteiger partial charge is 0.306 e. The third-order valence-corrected chi connectivity index (χ3v) is 2.83. The standard InChI is InChI=1S/C13H17N/c1-10(2)7-8-13-12-6-4-3-5-11(12)9-14-13/h3-6,13-14H,1,7-9H2,2H3. The fourth-order valence-electron chi connectivity index (χ4n) is 2.03. The lowest BCUT2D eigenvalue weighted by atomic mass is 10.00. The number of rotatable bonds is 3. The summed E-state index contributed by atoms with van der Waals surface area (Å²) >= 11 is 0. The Balaban J connectivity index is 2.07. The van der Waals surface area contributed by atoms with Gasteiger partial charge in [0, 0.05) is 12.6 Å². The van der Waals surface area contributed by atoms with Gasteiger partial charge in [0.25, 0.3) is 0 Å². The summed E-state index contributed by atoms with van der Waals surface area (Å²) in [5, 5.41) is 3.54. The Morgan fingerprint density at radius 1 is 1.50 bits per heavy atom. The van der Waals surface area contributed by atoms with Crippen LogP contribution < -0.4 is 5.32 Å². The van der Waals surface area contributed by atoms with Crippen molar-refractivity contribution in [1.29, 1.82) is 0 Å². The number of hydrogen-bond donors (Lipinski definition) is 1. The second kappa shape index (κ2) is 3.97. The average molecular weight is 187 g/mol. The van der Waals surface area contributed by atoms with Gasteiger partial charge in [0.05, 0.1) is 0 Å². The highest BCUT2D eigenvalue weighted by atomic mass is 14.9. The molecule has 1 atom stereocenters. The highest BCUT2D eigenvalue weighted by Gasteiger charge is 2.20. The number of benzene rings is 1. The summed E-state index contributed by atoms with van der Waals surface area (Å²) < 4.78 is 0. The molecule has 1 aliphatic rings. The van der Waals surface area contributed by atoms with Gasteiger partial charge in [-0.2, -0.15) is 0 Å². The molecule has 0 fully saturated rings. The van der Waals surface area contributed by atoms with Crippen molar-refractivity contribution in [3.63, 3.8) is 0 Å². The van der Waals surface area contributed by atoms with Gasteiger partial charge < -0.3 is 5.32 Å². The minimum atomic E-state index is 0.544. The molecule has 14 heavy (non-hydrogen) atoms. The normalized spacial score (nSPS) is 19.4. The van der Waals surface area contributed by atoms with Crippen LogP contribution >= 0.6 is 0 Å². The van der Waals surface area contributed by atoms with Crippen molar-refractivity contribution in [2.24, 2.45) is 0 Å². The molecule has 74 valence electrons. The van der Waals surface area contributed by atoms with E-state index in [4.69, 9.17) is 0 Å². The highest BCUT2D eigenvalue weighted by molar-refractivity contribution is 5.33. The zero-order chi connectivity index (χ0) is 9.97. The van der Waals surface area contributed by atoms with E-state index in [-0.39, 0.29) is 0 Å². The van der Waals surface area contributed by atoms with Crippen LogP contribution in [0.2, 0.25) is 0 Å². The lowest BCUT2D eigenvalue weighted by Gasteiger charge is -2.11. The van der Waals surface area contributed by atoms with Crippen LogP contribution in [0.1, 0.15) is 36.9 Å². The fourth-order valence-corrected chi connectivity index (χ4v) is 2.03. The molecular weight excluding hydrogens is 170 g/mol. The van der Waals surface area contributed by atoms with E-state index in [1.54, 1.807) is 0 Å². The predicted octanol–water partition coefficient (Wildman–Crippen LogP) is 3.19. The van der Waals surface area contributed by atoms with Crippen LogP contribution in [0.4, 0.5) is 0 Å². The third kappa shape index (κ3) is 1.88. The Hall–Kier alpha value is -1.08. The summed E-state index contributed by atoms with van der Waals surface area (Å²) in [5.74, 6) is 0. The molecule has 1 aromatic carbocycles. The Labute approximate surface area is 85.8 Å². The SMILES string of the molecule is C=C(C)CCC1NCc2ccccc21. The van der Waals surface area contributed by atoms with Crippen molar-refractivity contribution in [2.45, 2.75) is 32.4 Å². The van der Waals surface area contributed by atoms with Crippen LogP contribution in [0.15, 0.2) is 36.4 Å². The van der Waals surface area contributed by atoms with E-state index in [0.717, 1.165) is 13.0 Å². The van der Waals surface area contributed by atoms with Gasteiger partial charge in [-0.05, 0) is 30.9 Å². The smallest absolute Gasteiger partial charge is 0.0329 e. The second-order valence-electron chi connectivity index (χ2n) is 4.13. The first kappa shape index (κ1) is 9.47. The maximum absolute atomic E-state index is 3.94. The molecule has 0 aromatic heterocycles. The summed E-state index contributed by atoms with van der Waals surface area (Å²) in [4.78, 5) is 0.